The third-order valence-electron chi connectivity index (χ3n) is 7.68. The summed E-state index contributed by atoms with van der Waals surface area (Å²) in [5.41, 5.74) is 6.64. The molecular weight excluding hydrogens is 412 g/mol. The fourth-order valence-corrected chi connectivity index (χ4v) is 5.95. The summed E-state index contributed by atoms with van der Waals surface area (Å²) in [6.45, 7) is 8.33. The third kappa shape index (κ3) is 3.65. The zero-order valence-corrected chi connectivity index (χ0v) is 19.7. The Kier molecular flexibility index (Phi) is 5.75. The second kappa shape index (κ2) is 8.71. The van der Waals surface area contributed by atoms with E-state index in [-0.39, 0.29) is 17.9 Å². The number of hydrogen-bond donors (Lipinski definition) is 1. The molecule has 0 amide bonds. The van der Waals surface area contributed by atoms with Gasteiger partial charge in [-0.2, -0.15) is 0 Å². The van der Waals surface area contributed by atoms with Gasteiger partial charge in [-0.3, -0.25) is 4.90 Å². The van der Waals surface area contributed by atoms with Gasteiger partial charge in [0.25, 0.3) is 0 Å². The maximum Gasteiger partial charge on any atom is 0.333 e. The number of H-pyrrole nitrogens is 1. The number of aromatic nitrogens is 1. The van der Waals surface area contributed by atoms with Crippen LogP contribution in [0.15, 0.2) is 54.6 Å². The summed E-state index contributed by atoms with van der Waals surface area (Å²) in [4.78, 5) is 18.7. The number of fused-ring (bicyclic) bond motifs is 5. The Morgan fingerprint density at radius 3 is 2.67 bits per heavy atom. The van der Waals surface area contributed by atoms with Gasteiger partial charge in [-0.1, -0.05) is 50.3 Å². The zero-order valence-electron chi connectivity index (χ0n) is 19.7. The number of esters is 1. The lowest BCUT2D eigenvalue weighted by molar-refractivity contribution is -0.137. The maximum absolute atomic E-state index is 12.3. The molecule has 1 fully saturated rings. The molecule has 3 atom stereocenters. The van der Waals surface area contributed by atoms with Crippen LogP contribution in [-0.2, 0) is 16.0 Å². The summed E-state index contributed by atoms with van der Waals surface area (Å²) in [5.74, 6) is 1.17. The summed E-state index contributed by atoms with van der Waals surface area (Å²) in [5, 5.41) is 1.19. The van der Waals surface area contributed by atoms with Crippen molar-refractivity contribution in [3.05, 3.63) is 65.9 Å². The number of benzene rings is 2. The Morgan fingerprint density at radius 1 is 1.18 bits per heavy atom. The van der Waals surface area contributed by atoms with Crippen molar-refractivity contribution in [2.75, 3.05) is 27.3 Å². The molecular formula is C28H32N2O3. The molecule has 1 N–H and O–H groups in total. The van der Waals surface area contributed by atoms with E-state index in [9.17, 15) is 4.79 Å². The van der Waals surface area contributed by atoms with Crippen LogP contribution in [0.2, 0.25) is 0 Å². The Morgan fingerprint density at radius 2 is 1.97 bits per heavy atom. The first-order valence-corrected chi connectivity index (χ1v) is 11.8. The number of ether oxygens (including phenoxy) is 2. The number of piperidine rings is 1. The van der Waals surface area contributed by atoms with E-state index >= 15 is 0 Å². The van der Waals surface area contributed by atoms with Gasteiger partial charge in [0.15, 0.2) is 0 Å². The number of rotatable bonds is 5. The molecule has 2 aromatic carbocycles. The molecule has 5 nitrogen and oxygen atoms in total. The van der Waals surface area contributed by atoms with Crippen LogP contribution < -0.4 is 4.74 Å². The molecule has 0 aliphatic carbocycles. The molecule has 0 bridgehead atoms. The van der Waals surface area contributed by atoms with Crippen molar-refractivity contribution in [1.82, 2.24) is 9.88 Å². The van der Waals surface area contributed by atoms with Crippen LogP contribution in [0.4, 0.5) is 0 Å². The maximum atomic E-state index is 12.3. The molecule has 2 aliphatic heterocycles. The second-order valence-electron chi connectivity index (χ2n) is 9.27. The van der Waals surface area contributed by atoms with Gasteiger partial charge in [0, 0.05) is 29.7 Å². The highest BCUT2D eigenvalue weighted by molar-refractivity contribution is 5.95. The summed E-state index contributed by atoms with van der Waals surface area (Å²) < 4.78 is 10.9. The van der Waals surface area contributed by atoms with Gasteiger partial charge in [0.1, 0.15) is 5.75 Å². The quantitative estimate of drug-likeness (QED) is 0.416. The van der Waals surface area contributed by atoms with E-state index in [1.54, 1.807) is 7.11 Å². The molecule has 3 aromatic rings. The number of nitrogens with zero attached hydrogens (tertiary/aromatic N) is 1. The van der Waals surface area contributed by atoms with Crippen LogP contribution in [0, 0.1) is 11.8 Å². The molecule has 1 saturated heterocycles. The van der Waals surface area contributed by atoms with Crippen molar-refractivity contribution in [2.45, 2.75) is 32.2 Å². The first-order chi connectivity index (χ1) is 16.0. The van der Waals surface area contributed by atoms with E-state index in [1.807, 2.05) is 6.07 Å². The molecule has 5 heteroatoms. The monoisotopic (exact) mass is 444 g/mol. The lowest BCUT2D eigenvalue weighted by Gasteiger charge is -2.46. The van der Waals surface area contributed by atoms with Crippen molar-refractivity contribution in [3.8, 4) is 16.9 Å². The van der Waals surface area contributed by atoms with Gasteiger partial charge in [-0.15, -0.1) is 0 Å². The SMILES string of the molecule is C=C(C(=O)OC)[C@H]1C[C@H]2c3[nH]c4cc(-c5ccccc5)cc(OC)c4c3CCN2C[C@H]1CC. The van der Waals surface area contributed by atoms with Gasteiger partial charge >= 0.3 is 5.97 Å². The number of carbonyl (C=O) groups is 1. The number of nitrogens with one attached hydrogen (secondary N) is 1. The summed E-state index contributed by atoms with van der Waals surface area (Å²) in [6.07, 6.45) is 2.89. The molecule has 3 heterocycles. The van der Waals surface area contributed by atoms with Crippen LogP contribution in [0.3, 0.4) is 0 Å². The minimum absolute atomic E-state index is 0.128. The molecule has 33 heavy (non-hydrogen) atoms. The minimum Gasteiger partial charge on any atom is -0.496 e. The smallest absolute Gasteiger partial charge is 0.333 e. The first-order valence-electron chi connectivity index (χ1n) is 11.8. The largest absolute Gasteiger partial charge is 0.496 e. The Bertz CT molecular complexity index is 1200. The topological polar surface area (TPSA) is 54.6 Å². The summed E-state index contributed by atoms with van der Waals surface area (Å²) in [6, 6.07) is 15.0. The van der Waals surface area contributed by atoms with Gasteiger partial charge in [0.05, 0.1) is 25.8 Å². The van der Waals surface area contributed by atoms with E-state index in [0.29, 0.717) is 11.5 Å². The predicted molar refractivity (Wildman–Crippen MR) is 131 cm³/mol. The van der Waals surface area contributed by atoms with Gasteiger partial charge in [-0.25, -0.2) is 4.79 Å². The molecule has 0 saturated carbocycles. The molecule has 2 aliphatic rings. The van der Waals surface area contributed by atoms with E-state index in [4.69, 9.17) is 9.47 Å². The predicted octanol–water partition coefficient (Wildman–Crippen LogP) is 5.52. The molecule has 172 valence electrons. The Balaban J connectivity index is 1.58. The highest BCUT2D eigenvalue weighted by Gasteiger charge is 2.42. The molecule has 0 radical (unpaired) electrons. The van der Waals surface area contributed by atoms with Crippen LogP contribution >= 0.6 is 0 Å². The summed E-state index contributed by atoms with van der Waals surface area (Å²) >= 11 is 0. The summed E-state index contributed by atoms with van der Waals surface area (Å²) in [7, 11) is 3.19. The van der Waals surface area contributed by atoms with Gasteiger partial charge in [0.2, 0.25) is 0 Å². The van der Waals surface area contributed by atoms with Crippen LogP contribution in [0.25, 0.3) is 22.0 Å². The molecule has 0 unspecified atom stereocenters. The second-order valence-corrected chi connectivity index (χ2v) is 9.27. The first kappa shape index (κ1) is 21.8. The Hall–Kier alpha value is -3.05. The van der Waals surface area contributed by atoms with Crippen molar-refractivity contribution >= 4 is 16.9 Å². The fraction of sp³-hybridized carbons (Fsp3) is 0.393. The van der Waals surface area contributed by atoms with E-state index in [2.05, 4.69) is 59.8 Å². The van der Waals surface area contributed by atoms with Crippen molar-refractivity contribution < 1.29 is 14.3 Å². The fourth-order valence-electron chi connectivity index (χ4n) is 5.95. The zero-order chi connectivity index (χ0) is 23.1. The lowest BCUT2D eigenvalue weighted by Crippen LogP contribution is -2.46. The Labute approximate surface area is 195 Å². The lowest BCUT2D eigenvalue weighted by atomic mass is 9.74. The van der Waals surface area contributed by atoms with Crippen LogP contribution in [0.1, 0.15) is 37.1 Å². The van der Waals surface area contributed by atoms with E-state index in [1.165, 1.54) is 29.3 Å². The van der Waals surface area contributed by atoms with Gasteiger partial charge in [-0.05, 0) is 53.5 Å². The van der Waals surface area contributed by atoms with Gasteiger partial charge < -0.3 is 14.5 Å². The highest BCUT2D eigenvalue weighted by Crippen LogP contribution is 2.47. The average Bonchev–Trinajstić information content (AvgIpc) is 3.25. The number of methoxy groups -OCH3 is 2. The van der Waals surface area contributed by atoms with E-state index < -0.39 is 0 Å². The number of hydrogen-bond acceptors (Lipinski definition) is 4. The molecule has 1 aromatic heterocycles. The van der Waals surface area contributed by atoms with E-state index in [0.717, 1.165) is 49.2 Å². The normalized spacial score (nSPS) is 22.5. The van der Waals surface area contributed by atoms with Crippen molar-refractivity contribution in [3.63, 3.8) is 0 Å². The molecule has 0 spiro atoms. The third-order valence-corrected chi connectivity index (χ3v) is 7.68. The standard InChI is InChI=1S/C28H32N2O3/c1-5-18-16-30-12-11-21-26-23(13-20(14-25(26)32-3)19-9-7-6-8-10-19)29-27(21)24(30)15-22(18)17(2)28(31)33-4/h6-10,13-14,18,22,24,29H,2,5,11-12,15-16H2,1,3-4H3/t18-,22-,24+/m1/s1. The number of carbonyl (C=O) groups excluding carboxylic acids is 1. The van der Waals surface area contributed by atoms with Crippen LogP contribution in [0.5, 0.6) is 5.75 Å². The van der Waals surface area contributed by atoms with Crippen molar-refractivity contribution in [2.24, 2.45) is 11.8 Å². The molecule has 5 rings (SSSR count). The highest BCUT2D eigenvalue weighted by atomic mass is 16.5. The minimum atomic E-state index is -0.284. The number of aromatic amines is 1. The van der Waals surface area contributed by atoms with Crippen molar-refractivity contribution in [1.29, 1.82) is 0 Å². The average molecular weight is 445 g/mol. The van der Waals surface area contributed by atoms with Crippen LogP contribution in [-0.4, -0.2) is 43.2 Å².